The highest BCUT2D eigenvalue weighted by Crippen LogP contribution is 2.27. The zero-order valence-corrected chi connectivity index (χ0v) is 12.3. The molecular weight excluding hydrogens is 282 g/mol. The van der Waals surface area contributed by atoms with E-state index in [0.717, 1.165) is 10.6 Å². The van der Waals surface area contributed by atoms with E-state index in [1.54, 1.807) is 11.3 Å². The molecule has 0 unspecified atom stereocenters. The fraction of sp³-hybridized carbons (Fsp3) is 0.417. The van der Waals surface area contributed by atoms with E-state index < -0.39 is 5.97 Å². The van der Waals surface area contributed by atoms with Crippen LogP contribution in [-0.4, -0.2) is 33.2 Å². The minimum atomic E-state index is -0.826. The Kier molecular flexibility index (Phi) is 4.60. The summed E-state index contributed by atoms with van der Waals surface area (Å²) >= 11 is 2.99. The van der Waals surface area contributed by atoms with Crippen molar-refractivity contribution in [3.05, 3.63) is 22.4 Å². The smallest absolute Gasteiger partial charge is 0.304 e. The van der Waals surface area contributed by atoms with E-state index in [2.05, 4.69) is 15.5 Å². The Labute approximate surface area is 119 Å². The van der Waals surface area contributed by atoms with Crippen molar-refractivity contribution in [3.63, 3.8) is 0 Å². The Balaban J connectivity index is 2.25. The SMILES string of the molecule is CC(C)N=C1NN=C(c2cccs2)[C@H](CC(=O)O)S1. The van der Waals surface area contributed by atoms with Crippen LogP contribution in [-0.2, 0) is 4.79 Å². The molecule has 1 aromatic rings. The molecule has 0 saturated carbocycles. The Hall–Kier alpha value is -1.34. The highest BCUT2D eigenvalue weighted by atomic mass is 32.2. The molecule has 7 heteroatoms. The summed E-state index contributed by atoms with van der Waals surface area (Å²) in [7, 11) is 0. The lowest BCUT2D eigenvalue weighted by Crippen LogP contribution is -2.34. The average Bonchev–Trinajstić information content (AvgIpc) is 2.81. The number of thiophene rings is 1. The minimum Gasteiger partial charge on any atom is -0.481 e. The van der Waals surface area contributed by atoms with Gasteiger partial charge in [0, 0.05) is 6.04 Å². The van der Waals surface area contributed by atoms with Crippen LogP contribution >= 0.6 is 23.1 Å². The van der Waals surface area contributed by atoms with E-state index in [-0.39, 0.29) is 17.7 Å². The number of hydrogen-bond donors (Lipinski definition) is 2. The molecule has 2 N–H and O–H groups in total. The standard InChI is InChI=1S/C12H15N3O2S2/c1-7(2)13-12-15-14-11(8-4-3-5-18-8)9(19-12)6-10(16)17/h3-5,7,9H,6H2,1-2H3,(H,13,15)(H,16,17)/t9-/m0/s1. The average molecular weight is 297 g/mol. The van der Waals surface area contributed by atoms with Crippen LogP contribution in [0.1, 0.15) is 25.1 Å². The van der Waals surface area contributed by atoms with Gasteiger partial charge in [0.2, 0.25) is 0 Å². The maximum Gasteiger partial charge on any atom is 0.304 e. The first-order chi connectivity index (χ1) is 9.06. The number of rotatable bonds is 4. The van der Waals surface area contributed by atoms with Crippen LogP contribution in [0.3, 0.4) is 0 Å². The van der Waals surface area contributed by atoms with Crippen molar-refractivity contribution in [2.45, 2.75) is 31.6 Å². The second kappa shape index (κ2) is 6.21. The molecule has 0 fully saturated rings. The van der Waals surface area contributed by atoms with Crippen molar-refractivity contribution in [2.24, 2.45) is 10.1 Å². The number of carboxylic acids is 1. The molecule has 0 spiro atoms. The monoisotopic (exact) mass is 297 g/mol. The number of carboxylic acid groups (broad SMARTS) is 1. The van der Waals surface area contributed by atoms with Gasteiger partial charge in [-0.1, -0.05) is 17.8 Å². The van der Waals surface area contributed by atoms with E-state index in [1.165, 1.54) is 11.8 Å². The van der Waals surface area contributed by atoms with E-state index >= 15 is 0 Å². The molecule has 0 aliphatic carbocycles. The molecule has 0 bridgehead atoms. The number of carbonyl (C=O) groups is 1. The molecule has 0 amide bonds. The molecule has 5 nitrogen and oxygen atoms in total. The van der Waals surface area contributed by atoms with Crippen molar-refractivity contribution in [1.82, 2.24) is 5.43 Å². The van der Waals surface area contributed by atoms with Crippen LogP contribution < -0.4 is 5.43 Å². The van der Waals surface area contributed by atoms with Crippen LogP contribution in [0.4, 0.5) is 0 Å². The lowest BCUT2D eigenvalue weighted by atomic mass is 10.1. The van der Waals surface area contributed by atoms with Gasteiger partial charge >= 0.3 is 5.97 Å². The molecule has 2 rings (SSSR count). The first kappa shape index (κ1) is 14.1. The fourth-order valence-electron chi connectivity index (χ4n) is 1.63. The third-order valence-electron chi connectivity index (χ3n) is 2.34. The van der Waals surface area contributed by atoms with Crippen LogP contribution in [0, 0.1) is 0 Å². The second-order valence-electron chi connectivity index (χ2n) is 4.32. The summed E-state index contributed by atoms with van der Waals surface area (Å²) in [5.41, 5.74) is 3.69. The summed E-state index contributed by atoms with van der Waals surface area (Å²) < 4.78 is 0. The summed E-state index contributed by atoms with van der Waals surface area (Å²) in [5.74, 6) is -0.826. The van der Waals surface area contributed by atoms with E-state index in [0.29, 0.717) is 5.17 Å². The zero-order valence-electron chi connectivity index (χ0n) is 10.7. The first-order valence-corrected chi connectivity index (χ1v) is 7.66. The lowest BCUT2D eigenvalue weighted by molar-refractivity contribution is -0.136. The normalized spacial score (nSPS) is 21.3. The van der Waals surface area contributed by atoms with Crippen LogP contribution in [0.25, 0.3) is 0 Å². The van der Waals surface area contributed by atoms with Gasteiger partial charge in [0.25, 0.3) is 0 Å². The Bertz CT molecular complexity index is 509. The number of hydrogen-bond acceptors (Lipinski definition) is 5. The third-order valence-corrected chi connectivity index (χ3v) is 4.33. The number of thioether (sulfide) groups is 1. The number of aliphatic carboxylic acids is 1. The maximum absolute atomic E-state index is 11.0. The number of aliphatic imine (C=N–C) groups is 1. The second-order valence-corrected chi connectivity index (χ2v) is 6.46. The Morgan fingerprint density at radius 3 is 3.00 bits per heavy atom. The quantitative estimate of drug-likeness (QED) is 0.895. The van der Waals surface area contributed by atoms with Crippen molar-refractivity contribution >= 4 is 39.9 Å². The van der Waals surface area contributed by atoms with Gasteiger partial charge in [-0.3, -0.25) is 15.2 Å². The zero-order chi connectivity index (χ0) is 13.8. The van der Waals surface area contributed by atoms with Crippen molar-refractivity contribution in [2.75, 3.05) is 0 Å². The van der Waals surface area contributed by atoms with Crippen molar-refractivity contribution in [1.29, 1.82) is 0 Å². The first-order valence-electron chi connectivity index (χ1n) is 5.90. The number of amidine groups is 1. The van der Waals surface area contributed by atoms with Crippen molar-refractivity contribution in [3.8, 4) is 0 Å². The van der Waals surface area contributed by atoms with Crippen LogP contribution in [0.2, 0.25) is 0 Å². The molecule has 102 valence electrons. The van der Waals surface area contributed by atoms with E-state index in [1.807, 2.05) is 31.4 Å². The summed E-state index contributed by atoms with van der Waals surface area (Å²) in [6.45, 7) is 3.94. The molecule has 1 aliphatic heterocycles. The van der Waals surface area contributed by atoms with Gasteiger partial charge in [0.1, 0.15) is 0 Å². The molecule has 19 heavy (non-hydrogen) atoms. The minimum absolute atomic E-state index is 0.0419. The highest BCUT2D eigenvalue weighted by molar-refractivity contribution is 8.15. The van der Waals surface area contributed by atoms with Gasteiger partial charge in [0.15, 0.2) is 5.17 Å². The number of hydrazone groups is 1. The summed E-state index contributed by atoms with van der Waals surface area (Å²) in [6.07, 6.45) is 0.0419. The Morgan fingerprint density at radius 1 is 1.63 bits per heavy atom. The van der Waals surface area contributed by atoms with Gasteiger partial charge in [-0.15, -0.1) is 11.3 Å². The maximum atomic E-state index is 11.0. The largest absolute Gasteiger partial charge is 0.481 e. The van der Waals surface area contributed by atoms with Gasteiger partial charge in [-0.25, -0.2) is 0 Å². The predicted molar refractivity (Wildman–Crippen MR) is 80.2 cm³/mol. The highest BCUT2D eigenvalue weighted by Gasteiger charge is 2.28. The van der Waals surface area contributed by atoms with E-state index in [4.69, 9.17) is 5.11 Å². The van der Waals surface area contributed by atoms with Gasteiger partial charge in [0.05, 0.1) is 22.3 Å². The molecule has 0 saturated heterocycles. The summed E-state index contributed by atoms with van der Waals surface area (Å²) in [6, 6.07) is 4.03. The van der Waals surface area contributed by atoms with Crippen LogP contribution in [0.5, 0.6) is 0 Å². The molecular formula is C12H15N3O2S2. The number of nitrogens with zero attached hydrogens (tertiary/aromatic N) is 2. The van der Waals surface area contributed by atoms with Gasteiger partial charge < -0.3 is 5.11 Å². The topological polar surface area (TPSA) is 74.0 Å². The molecule has 1 aliphatic rings. The molecule has 1 atom stereocenters. The summed E-state index contributed by atoms with van der Waals surface area (Å²) in [4.78, 5) is 16.4. The van der Waals surface area contributed by atoms with Crippen LogP contribution in [0.15, 0.2) is 27.6 Å². The lowest BCUT2D eigenvalue weighted by Gasteiger charge is -2.22. The Morgan fingerprint density at radius 2 is 2.42 bits per heavy atom. The van der Waals surface area contributed by atoms with Gasteiger partial charge in [-0.2, -0.15) is 5.10 Å². The molecule has 2 heterocycles. The van der Waals surface area contributed by atoms with Crippen molar-refractivity contribution < 1.29 is 9.90 Å². The number of nitrogens with one attached hydrogen (secondary N) is 1. The third kappa shape index (κ3) is 3.81. The fourth-order valence-corrected chi connectivity index (χ4v) is 3.63. The molecule has 0 radical (unpaired) electrons. The molecule has 0 aromatic carbocycles. The summed E-state index contributed by atoms with van der Waals surface area (Å²) in [5, 5.41) is 15.8. The van der Waals surface area contributed by atoms with E-state index in [9.17, 15) is 4.79 Å². The predicted octanol–water partition coefficient (Wildman–Crippen LogP) is 2.40. The molecule has 1 aromatic heterocycles. The van der Waals surface area contributed by atoms with Gasteiger partial charge in [-0.05, 0) is 25.3 Å².